The van der Waals surface area contributed by atoms with Crippen molar-refractivity contribution in [1.82, 2.24) is 0 Å². The van der Waals surface area contributed by atoms with Crippen molar-refractivity contribution in [3.63, 3.8) is 0 Å². The summed E-state index contributed by atoms with van der Waals surface area (Å²) in [6, 6.07) is 10.9. The van der Waals surface area contributed by atoms with Crippen LogP contribution in [0, 0.1) is 6.92 Å². The Kier molecular flexibility index (Phi) is 3.09. The molecule has 0 saturated carbocycles. The minimum atomic E-state index is -0.174. The quantitative estimate of drug-likeness (QED) is 0.790. The highest BCUT2D eigenvalue weighted by Gasteiger charge is 2.32. The fraction of sp³-hybridized carbons (Fsp3) is 0.235. The first-order valence-corrected chi connectivity index (χ1v) is 6.99. The second-order valence-electron chi connectivity index (χ2n) is 5.59. The van der Waals surface area contributed by atoms with Crippen LogP contribution >= 0.6 is 0 Å². The summed E-state index contributed by atoms with van der Waals surface area (Å²) < 4.78 is 0. The minimum Gasteiger partial charge on any atom is -0.507 e. The summed E-state index contributed by atoms with van der Waals surface area (Å²) >= 11 is 0. The molecule has 1 aliphatic rings. The van der Waals surface area contributed by atoms with Gasteiger partial charge in [0.15, 0.2) is 0 Å². The van der Waals surface area contributed by atoms with Crippen molar-refractivity contribution >= 4 is 17.3 Å². The van der Waals surface area contributed by atoms with Gasteiger partial charge in [-0.15, -0.1) is 0 Å². The molecule has 3 N–H and O–H groups in total. The number of amides is 1. The fourth-order valence-electron chi connectivity index (χ4n) is 2.92. The molecule has 1 atom stereocenters. The Labute approximate surface area is 123 Å². The van der Waals surface area contributed by atoms with Crippen LogP contribution < -0.4 is 10.6 Å². The lowest BCUT2D eigenvalue weighted by atomic mass is 10.1. The van der Waals surface area contributed by atoms with Gasteiger partial charge in [-0.05, 0) is 55.7 Å². The van der Waals surface area contributed by atoms with Gasteiger partial charge in [-0.2, -0.15) is 0 Å². The summed E-state index contributed by atoms with van der Waals surface area (Å²) in [6.45, 7) is 3.79. The van der Waals surface area contributed by atoms with E-state index < -0.39 is 0 Å². The molecule has 0 fully saturated rings. The van der Waals surface area contributed by atoms with E-state index in [1.807, 2.05) is 19.1 Å². The predicted octanol–water partition coefficient (Wildman–Crippen LogP) is 2.87. The molecule has 0 aromatic heterocycles. The van der Waals surface area contributed by atoms with Gasteiger partial charge in [0.25, 0.3) is 5.91 Å². The Morgan fingerprint density at radius 2 is 2.10 bits per heavy atom. The number of benzene rings is 2. The number of rotatable bonds is 1. The van der Waals surface area contributed by atoms with Crippen LogP contribution in [-0.4, -0.2) is 17.1 Å². The van der Waals surface area contributed by atoms with E-state index in [1.165, 1.54) is 0 Å². The Balaban J connectivity index is 2.05. The number of carbonyl (C=O) groups excluding carboxylic acids is 1. The van der Waals surface area contributed by atoms with Crippen LogP contribution in [-0.2, 0) is 6.42 Å². The first kappa shape index (κ1) is 13.5. The lowest BCUT2D eigenvalue weighted by Gasteiger charge is -2.23. The Morgan fingerprint density at radius 3 is 2.86 bits per heavy atom. The number of hydrogen-bond donors (Lipinski definition) is 2. The van der Waals surface area contributed by atoms with Gasteiger partial charge in [0.05, 0.1) is 5.56 Å². The fourth-order valence-corrected chi connectivity index (χ4v) is 2.92. The van der Waals surface area contributed by atoms with Gasteiger partial charge in [-0.1, -0.05) is 12.1 Å². The van der Waals surface area contributed by atoms with Gasteiger partial charge < -0.3 is 15.7 Å². The molecule has 0 aliphatic carbocycles. The number of phenols is 1. The third kappa shape index (κ3) is 2.13. The van der Waals surface area contributed by atoms with Crippen LogP contribution in [0.4, 0.5) is 11.4 Å². The molecule has 2 aromatic carbocycles. The van der Waals surface area contributed by atoms with Crippen LogP contribution in [0.15, 0.2) is 36.4 Å². The number of fused-ring (bicyclic) bond motifs is 1. The number of phenolic OH excluding ortho intramolecular Hbond substituents is 1. The smallest absolute Gasteiger partial charge is 0.262 e. The minimum absolute atomic E-state index is 0.0502. The number of hydrogen-bond acceptors (Lipinski definition) is 3. The van der Waals surface area contributed by atoms with E-state index >= 15 is 0 Å². The highest BCUT2D eigenvalue weighted by Crippen LogP contribution is 2.36. The lowest BCUT2D eigenvalue weighted by molar-refractivity contribution is 0.0978. The first-order chi connectivity index (χ1) is 9.99. The predicted molar refractivity (Wildman–Crippen MR) is 83.7 cm³/mol. The van der Waals surface area contributed by atoms with Gasteiger partial charge in [0, 0.05) is 17.4 Å². The van der Waals surface area contributed by atoms with Crippen LogP contribution in [0.1, 0.15) is 28.4 Å². The SMILES string of the molecule is Cc1cccc(C(=O)N2c3ccc(N)cc3CC2C)c1O. The highest BCUT2D eigenvalue weighted by molar-refractivity contribution is 6.09. The number of nitrogen functional groups attached to an aromatic ring is 1. The van der Waals surface area contributed by atoms with Crippen LogP contribution in [0.5, 0.6) is 5.75 Å². The molecule has 1 heterocycles. The van der Waals surface area contributed by atoms with E-state index in [0.717, 1.165) is 17.7 Å². The van der Waals surface area contributed by atoms with Crippen LogP contribution in [0.25, 0.3) is 0 Å². The Bertz CT molecular complexity index is 725. The zero-order valence-corrected chi connectivity index (χ0v) is 12.1. The van der Waals surface area contributed by atoms with E-state index in [-0.39, 0.29) is 17.7 Å². The zero-order valence-electron chi connectivity index (χ0n) is 12.1. The summed E-state index contributed by atoms with van der Waals surface area (Å²) in [7, 11) is 0. The maximum Gasteiger partial charge on any atom is 0.262 e. The van der Waals surface area contributed by atoms with Crippen molar-refractivity contribution in [1.29, 1.82) is 0 Å². The standard InChI is InChI=1S/C17H18N2O2/c1-10-4-3-5-14(16(10)20)17(21)19-11(2)8-12-9-13(18)6-7-15(12)19/h3-7,9,11,20H,8,18H2,1-2H3. The molecule has 0 bridgehead atoms. The van der Waals surface area contributed by atoms with Crippen molar-refractivity contribution < 1.29 is 9.90 Å². The summed E-state index contributed by atoms with van der Waals surface area (Å²) in [5.41, 5.74) is 9.50. The monoisotopic (exact) mass is 282 g/mol. The molecule has 1 aliphatic heterocycles. The summed E-state index contributed by atoms with van der Waals surface area (Å²) in [5.74, 6) is -0.120. The average Bonchev–Trinajstić information content (AvgIpc) is 2.76. The summed E-state index contributed by atoms with van der Waals surface area (Å²) in [5, 5.41) is 10.1. The molecule has 0 saturated heterocycles. The molecule has 1 amide bonds. The Hall–Kier alpha value is -2.49. The summed E-state index contributed by atoms with van der Waals surface area (Å²) in [4.78, 5) is 14.6. The van der Waals surface area contributed by atoms with Crippen molar-refractivity contribution in [2.45, 2.75) is 26.3 Å². The number of anilines is 2. The molecule has 3 rings (SSSR count). The van der Waals surface area contributed by atoms with Gasteiger partial charge in [0.1, 0.15) is 5.75 Å². The van der Waals surface area contributed by atoms with E-state index in [0.29, 0.717) is 16.8 Å². The molecule has 4 heteroatoms. The molecule has 21 heavy (non-hydrogen) atoms. The van der Waals surface area contributed by atoms with Gasteiger partial charge in [-0.3, -0.25) is 4.79 Å². The zero-order chi connectivity index (χ0) is 15.1. The van der Waals surface area contributed by atoms with E-state index in [1.54, 1.807) is 36.1 Å². The lowest BCUT2D eigenvalue weighted by Crippen LogP contribution is -2.35. The van der Waals surface area contributed by atoms with Crippen molar-refractivity contribution in [3.05, 3.63) is 53.1 Å². The topological polar surface area (TPSA) is 66.6 Å². The average molecular weight is 282 g/mol. The number of aromatic hydroxyl groups is 1. The molecule has 108 valence electrons. The number of para-hydroxylation sites is 1. The number of aryl methyl sites for hydroxylation is 1. The normalized spacial score (nSPS) is 16.9. The molecule has 4 nitrogen and oxygen atoms in total. The first-order valence-electron chi connectivity index (χ1n) is 6.99. The summed E-state index contributed by atoms with van der Waals surface area (Å²) in [6.07, 6.45) is 0.776. The number of nitrogens with zero attached hydrogens (tertiary/aromatic N) is 1. The maximum absolute atomic E-state index is 12.8. The second kappa shape index (κ2) is 4.81. The van der Waals surface area contributed by atoms with Gasteiger partial charge in [0.2, 0.25) is 0 Å². The Morgan fingerprint density at radius 1 is 1.33 bits per heavy atom. The third-order valence-electron chi connectivity index (χ3n) is 4.01. The largest absolute Gasteiger partial charge is 0.507 e. The number of nitrogens with two attached hydrogens (primary N) is 1. The highest BCUT2D eigenvalue weighted by atomic mass is 16.3. The molecule has 1 unspecified atom stereocenters. The van der Waals surface area contributed by atoms with Gasteiger partial charge in [-0.25, -0.2) is 0 Å². The number of carbonyl (C=O) groups is 1. The second-order valence-corrected chi connectivity index (χ2v) is 5.59. The van der Waals surface area contributed by atoms with E-state index in [2.05, 4.69) is 0 Å². The van der Waals surface area contributed by atoms with Crippen molar-refractivity contribution in [2.24, 2.45) is 0 Å². The molecular formula is C17H18N2O2. The molecular weight excluding hydrogens is 264 g/mol. The third-order valence-corrected chi connectivity index (χ3v) is 4.01. The molecule has 0 radical (unpaired) electrons. The van der Waals surface area contributed by atoms with Crippen molar-refractivity contribution in [2.75, 3.05) is 10.6 Å². The van der Waals surface area contributed by atoms with E-state index in [4.69, 9.17) is 5.73 Å². The van der Waals surface area contributed by atoms with Crippen LogP contribution in [0.3, 0.4) is 0 Å². The van der Waals surface area contributed by atoms with Crippen molar-refractivity contribution in [3.8, 4) is 5.75 Å². The maximum atomic E-state index is 12.8. The van der Waals surface area contributed by atoms with Gasteiger partial charge >= 0.3 is 0 Å². The molecule has 2 aromatic rings. The molecule has 0 spiro atoms. The van der Waals surface area contributed by atoms with E-state index in [9.17, 15) is 9.90 Å². The van der Waals surface area contributed by atoms with Crippen LogP contribution in [0.2, 0.25) is 0 Å².